The standard InChI is InChI=1S/C32H47N5O7/c1-2-3-4-5-6-7-8-9-10-11-12-13-14-15-16-17-18-20-25(38)21-19-22-34-32(42)43-23-26-27(39)28(40)31(44-26)37-24-35-30(36-37)29(33)41/h3-4,6-7,9-10,12-13,15-16,24,26-28,31,39-40H,2,5,8,11,14,17-23H2,1H3,(H2,33,41)(H,34,42)/b4-3-,7-6-,10-9-,13-12-,16-15-/t26-,27-,28-,31-/m1/s1. The van der Waals surface area contributed by atoms with E-state index in [1.165, 1.54) is 0 Å². The largest absolute Gasteiger partial charge is 0.447 e. The van der Waals surface area contributed by atoms with Crippen LogP contribution in [0.1, 0.15) is 88.0 Å². The van der Waals surface area contributed by atoms with E-state index in [2.05, 4.69) is 83.1 Å². The van der Waals surface area contributed by atoms with Crippen LogP contribution in [0, 0.1) is 0 Å². The van der Waals surface area contributed by atoms with Gasteiger partial charge in [0, 0.05) is 19.4 Å². The number of ether oxygens (including phenoxy) is 2. The first-order chi connectivity index (χ1) is 21.3. The number of nitrogens with two attached hydrogens (primary N) is 1. The summed E-state index contributed by atoms with van der Waals surface area (Å²) < 4.78 is 11.7. The highest BCUT2D eigenvalue weighted by Gasteiger charge is 2.45. The Morgan fingerprint density at radius 2 is 1.52 bits per heavy atom. The Balaban J connectivity index is 1.47. The molecule has 0 bridgehead atoms. The van der Waals surface area contributed by atoms with Crippen LogP contribution < -0.4 is 11.1 Å². The summed E-state index contributed by atoms with van der Waals surface area (Å²) in [6.07, 6.45) is 24.9. The minimum absolute atomic E-state index is 0.141. The van der Waals surface area contributed by atoms with Gasteiger partial charge in [0.05, 0.1) is 0 Å². The molecule has 1 fully saturated rings. The molecule has 1 saturated heterocycles. The number of rotatable bonds is 21. The number of primary amides is 1. The van der Waals surface area contributed by atoms with E-state index in [0.717, 1.165) is 56.0 Å². The zero-order valence-electron chi connectivity index (χ0n) is 25.5. The number of unbranched alkanes of at least 4 members (excludes halogenated alkanes) is 1. The molecule has 1 aromatic rings. The molecule has 44 heavy (non-hydrogen) atoms. The topological polar surface area (TPSA) is 179 Å². The van der Waals surface area contributed by atoms with Crippen LogP contribution in [0.25, 0.3) is 0 Å². The normalized spacial score (nSPS) is 20.6. The van der Waals surface area contributed by atoms with Crippen molar-refractivity contribution in [2.24, 2.45) is 5.73 Å². The summed E-state index contributed by atoms with van der Waals surface area (Å²) in [4.78, 5) is 39.0. The van der Waals surface area contributed by atoms with Crippen LogP contribution in [0.4, 0.5) is 4.79 Å². The number of amides is 2. The van der Waals surface area contributed by atoms with Gasteiger partial charge in [-0.3, -0.25) is 9.59 Å². The SMILES string of the molecule is CC/C=C\C/C=C\C/C=C\C/C=C\C/C=C\CCCC(=O)CCCNC(=O)OC[C@H]1O[C@@H](n2cnc(C(N)=O)n2)[C@H](O)[C@@H]1O. The number of Topliss-reactive ketones (excluding diaryl/α,β-unsaturated/α-hetero) is 1. The van der Waals surface area contributed by atoms with E-state index in [1.807, 2.05) is 0 Å². The molecule has 0 spiro atoms. The van der Waals surface area contributed by atoms with Gasteiger partial charge in [0.1, 0.15) is 37.0 Å². The second kappa shape index (κ2) is 21.8. The van der Waals surface area contributed by atoms with E-state index < -0.39 is 36.5 Å². The molecule has 0 unspecified atom stereocenters. The highest BCUT2D eigenvalue weighted by molar-refractivity contribution is 5.88. The Hall–Kier alpha value is -3.87. The van der Waals surface area contributed by atoms with Gasteiger partial charge >= 0.3 is 6.09 Å². The van der Waals surface area contributed by atoms with E-state index in [0.29, 0.717) is 19.3 Å². The van der Waals surface area contributed by atoms with Crippen molar-refractivity contribution in [3.05, 3.63) is 72.9 Å². The van der Waals surface area contributed by atoms with Crippen LogP contribution in [-0.2, 0) is 14.3 Å². The molecular weight excluding hydrogens is 566 g/mol. The Kier molecular flexibility index (Phi) is 18.0. The molecule has 2 amide bonds. The molecule has 0 saturated carbocycles. The van der Waals surface area contributed by atoms with Crippen molar-refractivity contribution in [1.29, 1.82) is 0 Å². The van der Waals surface area contributed by atoms with Crippen LogP contribution in [-0.4, -0.2) is 74.2 Å². The van der Waals surface area contributed by atoms with Crippen LogP contribution >= 0.6 is 0 Å². The molecule has 12 nitrogen and oxygen atoms in total. The van der Waals surface area contributed by atoms with Gasteiger partial charge < -0.3 is 30.7 Å². The summed E-state index contributed by atoms with van der Waals surface area (Å²) in [6.45, 7) is 2.06. The number of hydrogen-bond acceptors (Lipinski definition) is 9. The lowest BCUT2D eigenvalue weighted by molar-refractivity contribution is -0.119. The highest BCUT2D eigenvalue weighted by Crippen LogP contribution is 2.29. The van der Waals surface area contributed by atoms with Crippen LogP contribution in [0.15, 0.2) is 67.1 Å². The van der Waals surface area contributed by atoms with Crippen LogP contribution in [0.3, 0.4) is 0 Å². The van der Waals surface area contributed by atoms with Gasteiger partial charge in [-0.2, -0.15) is 0 Å². The summed E-state index contributed by atoms with van der Waals surface area (Å²) >= 11 is 0. The summed E-state index contributed by atoms with van der Waals surface area (Å²) in [5.41, 5.74) is 5.12. The fourth-order valence-electron chi connectivity index (χ4n) is 4.19. The maximum atomic E-state index is 12.1. The molecule has 2 heterocycles. The molecular formula is C32H47N5O7. The van der Waals surface area contributed by atoms with Gasteiger partial charge in [-0.25, -0.2) is 14.5 Å². The quantitative estimate of drug-likeness (QED) is 0.118. The molecule has 12 heteroatoms. The minimum Gasteiger partial charge on any atom is -0.447 e. The van der Waals surface area contributed by atoms with Gasteiger partial charge in [-0.1, -0.05) is 67.7 Å². The number of aliphatic hydroxyl groups is 2. The van der Waals surface area contributed by atoms with E-state index in [9.17, 15) is 24.6 Å². The number of aliphatic hydroxyl groups excluding tert-OH is 2. The second-order valence-corrected chi connectivity index (χ2v) is 10.2. The number of nitrogens with zero attached hydrogens (tertiary/aromatic N) is 3. The van der Waals surface area contributed by atoms with Crippen molar-refractivity contribution in [3.8, 4) is 0 Å². The molecule has 0 radical (unpaired) electrons. The van der Waals surface area contributed by atoms with Crippen molar-refractivity contribution >= 4 is 17.8 Å². The molecule has 0 aliphatic carbocycles. The molecule has 4 atom stereocenters. The highest BCUT2D eigenvalue weighted by atomic mass is 16.6. The van der Waals surface area contributed by atoms with Crippen molar-refractivity contribution in [2.75, 3.05) is 13.2 Å². The monoisotopic (exact) mass is 613 g/mol. The number of nitrogens with one attached hydrogen (secondary N) is 1. The van der Waals surface area contributed by atoms with Crippen molar-refractivity contribution in [3.63, 3.8) is 0 Å². The van der Waals surface area contributed by atoms with Gasteiger partial charge in [0.25, 0.3) is 5.91 Å². The van der Waals surface area contributed by atoms with Gasteiger partial charge in [-0.05, 0) is 51.4 Å². The predicted octanol–water partition coefficient (Wildman–Crippen LogP) is 3.99. The zero-order valence-corrected chi connectivity index (χ0v) is 25.5. The average Bonchev–Trinajstić information content (AvgIpc) is 3.61. The third kappa shape index (κ3) is 14.5. The summed E-state index contributed by atoms with van der Waals surface area (Å²) in [6, 6.07) is 0. The number of hydrogen-bond donors (Lipinski definition) is 4. The molecule has 2 rings (SSSR count). The number of alkyl carbamates (subject to hydrolysis) is 1. The first-order valence-electron chi connectivity index (χ1n) is 15.2. The molecule has 1 aliphatic heterocycles. The van der Waals surface area contributed by atoms with E-state index in [4.69, 9.17) is 15.2 Å². The third-order valence-electron chi connectivity index (χ3n) is 6.59. The predicted molar refractivity (Wildman–Crippen MR) is 166 cm³/mol. The number of ketones is 1. The van der Waals surface area contributed by atoms with Gasteiger partial charge in [-0.15, -0.1) is 5.10 Å². The van der Waals surface area contributed by atoms with E-state index in [-0.39, 0.29) is 24.8 Å². The van der Waals surface area contributed by atoms with Gasteiger partial charge in [0.15, 0.2) is 6.23 Å². The number of allylic oxidation sites excluding steroid dienone is 10. The Labute approximate surface area is 259 Å². The lowest BCUT2D eigenvalue weighted by Crippen LogP contribution is -2.36. The van der Waals surface area contributed by atoms with Crippen LogP contribution in [0.5, 0.6) is 0 Å². The molecule has 5 N–H and O–H groups in total. The maximum absolute atomic E-state index is 12.1. The number of aromatic nitrogens is 3. The number of carbonyl (C=O) groups is 3. The number of carbonyl (C=O) groups excluding carboxylic acids is 3. The molecule has 1 aromatic heterocycles. The van der Waals surface area contributed by atoms with Crippen LogP contribution in [0.2, 0.25) is 0 Å². The molecule has 0 aromatic carbocycles. The Morgan fingerprint density at radius 1 is 0.932 bits per heavy atom. The smallest absolute Gasteiger partial charge is 0.407 e. The molecule has 1 aliphatic rings. The minimum atomic E-state index is -1.39. The first-order valence-corrected chi connectivity index (χ1v) is 15.2. The van der Waals surface area contributed by atoms with E-state index >= 15 is 0 Å². The average molecular weight is 614 g/mol. The summed E-state index contributed by atoms with van der Waals surface area (Å²) in [5.74, 6) is -0.975. The Bertz CT molecular complexity index is 1160. The first kappa shape index (κ1) is 36.3. The van der Waals surface area contributed by atoms with Crippen molar-refractivity contribution in [1.82, 2.24) is 20.1 Å². The van der Waals surface area contributed by atoms with Gasteiger partial charge in [0.2, 0.25) is 5.82 Å². The van der Waals surface area contributed by atoms with E-state index in [1.54, 1.807) is 0 Å². The molecule has 242 valence electrons. The van der Waals surface area contributed by atoms with Crippen molar-refractivity contribution < 1.29 is 34.1 Å². The third-order valence-corrected chi connectivity index (χ3v) is 6.59. The fraction of sp³-hybridized carbons (Fsp3) is 0.531. The lowest BCUT2D eigenvalue weighted by atomic mass is 10.1. The second-order valence-electron chi connectivity index (χ2n) is 10.2. The fourth-order valence-corrected chi connectivity index (χ4v) is 4.19. The lowest BCUT2D eigenvalue weighted by Gasteiger charge is -2.14. The summed E-state index contributed by atoms with van der Waals surface area (Å²) in [5, 5.41) is 26.8. The summed E-state index contributed by atoms with van der Waals surface area (Å²) in [7, 11) is 0. The Morgan fingerprint density at radius 3 is 2.11 bits per heavy atom. The van der Waals surface area contributed by atoms with Crippen molar-refractivity contribution in [2.45, 2.75) is 95.7 Å². The zero-order chi connectivity index (χ0) is 32.0. The maximum Gasteiger partial charge on any atom is 0.407 e.